The monoisotopic (exact) mass is 579 g/mol. The number of imidazole rings is 1. The highest BCUT2D eigenvalue weighted by Crippen LogP contribution is 2.43. The number of carbonyl (C=O) groups is 1. The molecule has 2 heterocycles. The summed E-state index contributed by atoms with van der Waals surface area (Å²) in [4.78, 5) is 15.5. The lowest BCUT2D eigenvalue weighted by Gasteiger charge is -2.41. The number of aliphatic hydroxyl groups excluding tert-OH is 1. The van der Waals surface area contributed by atoms with Gasteiger partial charge in [-0.2, -0.15) is 0 Å². The molecule has 4 atom stereocenters. The van der Waals surface area contributed by atoms with E-state index in [9.17, 15) is 9.90 Å². The summed E-state index contributed by atoms with van der Waals surface area (Å²) >= 11 is 12.5. The highest BCUT2D eigenvalue weighted by molar-refractivity contribution is 6.40. The Hall–Kier alpha value is -3.20. The van der Waals surface area contributed by atoms with Gasteiger partial charge in [-0.3, -0.25) is 4.79 Å². The van der Waals surface area contributed by atoms with Gasteiger partial charge in [0.2, 0.25) is 5.91 Å². The van der Waals surface area contributed by atoms with Crippen LogP contribution in [0.5, 0.6) is 0 Å². The second-order valence-corrected chi connectivity index (χ2v) is 10.8. The summed E-state index contributed by atoms with van der Waals surface area (Å²) in [6.07, 6.45) is 0.460. The van der Waals surface area contributed by atoms with Crippen LogP contribution < -0.4 is 5.32 Å². The van der Waals surface area contributed by atoms with E-state index >= 15 is 0 Å². The van der Waals surface area contributed by atoms with E-state index in [0.717, 1.165) is 33.4 Å². The number of ether oxygens (including phenoxy) is 2. The van der Waals surface area contributed by atoms with Gasteiger partial charge in [-0.15, -0.1) is 0 Å². The summed E-state index contributed by atoms with van der Waals surface area (Å²) in [5, 5.41) is 13.0. The van der Waals surface area contributed by atoms with Gasteiger partial charge in [0.1, 0.15) is 5.15 Å². The predicted molar refractivity (Wildman–Crippen MR) is 155 cm³/mol. The molecule has 0 bridgehead atoms. The first-order valence-corrected chi connectivity index (χ1v) is 13.9. The molecule has 1 fully saturated rings. The van der Waals surface area contributed by atoms with Crippen molar-refractivity contribution in [3.8, 4) is 11.1 Å². The number of carbonyl (C=O) groups excluding carboxylic acids is 1. The van der Waals surface area contributed by atoms with Gasteiger partial charge in [0, 0.05) is 24.9 Å². The quantitative estimate of drug-likeness (QED) is 0.249. The lowest BCUT2D eigenvalue weighted by Crippen LogP contribution is -2.39. The third kappa shape index (κ3) is 6.40. The molecule has 0 aliphatic carbocycles. The zero-order valence-corrected chi connectivity index (χ0v) is 23.8. The van der Waals surface area contributed by atoms with Crippen LogP contribution in [0.3, 0.4) is 0 Å². The van der Waals surface area contributed by atoms with Crippen LogP contribution in [0.25, 0.3) is 11.1 Å². The molecule has 3 aromatic carbocycles. The molecule has 9 heteroatoms. The number of nitrogens with zero attached hydrogens (tertiary/aromatic N) is 2. The van der Waals surface area contributed by atoms with E-state index in [2.05, 4.69) is 29.4 Å². The molecule has 0 unspecified atom stereocenters. The standard InChI is InChI=1S/C31H31Cl2N3O4/c1-19-27(16-36-18-35-29(32)30(36)33)39-31(40-28(19)23-11-9-21(17-37)10-12-23)26-8-4-7-25(14-26)24-6-3-5-22(13-24)15-34-20(2)38/h3-14,18-19,27-28,31,37H,15-17H2,1-2H3,(H,34,38)/t19-,27+,28+,31+/m0/s1. The summed E-state index contributed by atoms with van der Waals surface area (Å²) in [7, 11) is 0. The molecule has 1 aliphatic heterocycles. The van der Waals surface area contributed by atoms with Crippen LogP contribution in [-0.4, -0.2) is 26.7 Å². The van der Waals surface area contributed by atoms with Crippen LogP contribution in [0.15, 0.2) is 79.1 Å². The summed E-state index contributed by atoms with van der Waals surface area (Å²) in [6, 6.07) is 24.0. The molecular weight excluding hydrogens is 549 g/mol. The number of aromatic nitrogens is 2. The predicted octanol–water partition coefficient (Wildman–Crippen LogP) is 6.48. The summed E-state index contributed by atoms with van der Waals surface area (Å²) in [6.45, 7) is 4.50. The average molecular weight is 581 g/mol. The molecule has 0 radical (unpaired) electrons. The van der Waals surface area contributed by atoms with Gasteiger partial charge in [-0.25, -0.2) is 4.98 Å². The molecule has 2 N–H and O–H groups in total. The van der Waals surface area contributed by atoms with Crippen molar-refractivity contribution in [2.75, 3.05) is 0 Å². The van der Waals surface area contributed by atoms with Crippen LogP contribution in [0, 0.1) is 5.92 Å². The lowest BCUT2D eigenvalue weighted by molar-refractivity contribution is -0.276. The van der Waals surface area contributed by atoms with Crippen molar-refractivity contribution in [2.45, 2.75) is 52.0 Å². The molecule has 1 amide bonds. The summed E-state index contributed by atoms with van der Waals surface area (Å²) in [5.41, 5.74) is 5.77. The van der Waals surface area contributed by atoms with Crippen molar-refractivity contribution in [1.82, 2.24) is 14.9 Å². The van der Waals surface area contributed by atoms with Crippen molar-refractivity contribution in [3.63, 3.8) is 0 Å². The Labute approximate surface area is 243 Å². The maximum atomic E-state index is 11.4. The Bertz CT molecular complexity index is 1470. The highest BCUT2D eigenvalue weighted by atomic mass is 35.5. The third-order valence-corrected chi connectivity index (χ3v) is 7.96. The smallest absolute Gasteiger partial charge is 0.217 e. The molecule has 7 nitrogen and oxygen atoms in total. The Morgan fingerprint density at radius 3 is 2.38 bits per heavy atom. The van der Waals surface area contributed by atoms with E-state index in [1.807, 2.05) is 60.7 Å². The van der Waals surface area contributed by atoms with Crippen molar-refractivity contribution in [3.05, 3.63) is 112 Å². The van der Waals surface area contributed by atoms with Gasteiger partial charge >= 0.3 is 0 Å². The largest absolute Gasteiger partial charge is 0.392 e. The first-order chi connectivity index (χ1) is 19.3. The maximum absolute atomic E-state index is 11.4. The lowest BCUT2D eigenvalue weighted by atomic mass is 9.90. The number of aliphatic hydroxyl groups is 1. The van der Waals surface area contributed by atoms with Crippen LogP contribution in [0.4, 0.5) is 0 Å². The van der Waals surface area contributed by atoms with E-state index in [1.165, 1.54) is 6.92 Å². The minimum absolute atomic E-state index is 0.0194. The van der Waals surface area contributed by atoms with E-state index in [1.54, 1.807) is 10.9 Å². The van der Waals surface area contributed by atoms with E-state index in [-0.39, 0.29) is 35.8 Å². The number of nitrogens with one attached hydrogen (secondary N) is 1. The van der Waals surface area contributed by atoms with Crippen molar-refractivity contribution in [1.29, 1.82) is 0 Å². The number of hydrogen-bond acceptors (Lipinski definition) is 5. The number of rotatable bonds is 8. The Kier molecular flexibility index (Phi) is 8.88. The summed E-state index contributed by atoms with van der Waals surface area (Å²) < 4.78 is 15.0. The fourth-order valence-corrected chi connectivity index (χ4v) is 5.26. The van der Waals surface area contributed by atoms with Crippen molar-refractivity contribution < 1.29 is 19.4 Å². The average Bonchev–Trinajstić information content (AvgIpc) is 3.29. The zero-order chi connectivity index (χ0) is 28.2. The summed E-state index contributed by atoms with van der Waals surface area (Å²) in [5.74, 6) is -0.0929. The topological polar surface area (TPSA) is 85.6 Å². The second-order valence-electron chi connectivity index (χ2n) is 10.0. The van der Waals surface area contributed by atoms with Gasteiger partial charge in [-0.1, -0.05) is 90.8 Å². The van der Waals surface area contributed by atoms with Crippen LogP contribution >= 0.6 is 23.2 Å². The fraction of sp³-hybridized carbons (Fsp3) is 0.290. The minimum Gasteiger partial charge on any atom is -0.392 e. The van der Waals surface area contributed by atoms with Crippen LogP contribution in [-0.2, 0) is 34.0 Å². The Balaban J connectivity index is 1.45. The normalized spacial score (nSPS) is 20.8. The Morgan fingerprint density at radius 1 is 0.975 bits per heavy atom. The Morgan fingerprint density at radius 2 is 1.70 bits per heavy atom. The zero-order valence-electron chi connectivity index (χ0n) is 22.3. The van der Waals surface area contributed by atoms with E-state index in [0.29, 0.717) is 18.2 Å². The number of halogens is 2. The number of benzene rings is 3. The first kappa shape index (κ1) is 28.3. The molecule has 0 spiro atoms. The minimum atomic E-state index is -0.635. The molecule has 4 aromatic rings. The van der Waals surface area contributed by atoms with Gasteiger partial charge in [-0.05, 0) is 39.9 Å². The van der Waals surface area contributed by atoms with Crippen LogP contribution in [0.2, 0.25) is 10.3 Å². The van der Waals surface area contributed by atoms with Crippen LogP contribution in [0.1, 0.15) is 48.5 Å². The molecule has 5 rings (SSSR count). The molecule has 0 saturated carbocycles. The molecule has 208 valence electrons. The van der Waals surface area contributed by atoms with Gasteiger partial charge in [0.05, 0.1) is 31.7 Å². The fourth-order valence-electron chi connectivity index (χ4n) is 4.94. The van der Waals surface area contributed by atoms with Gasteiger partial charge < -0.3 is 24.5 Å². The van der Waals surface area contributed by atoms with Gasteiger partial charge in [0.25, 0.3) is 0 Å². The SMILES string of the molecule is CC(=O)NCc1cccc(-c2cccc([C@@H]3O[C@H](Cn4cnc(Cl)c4Cl)[C@H](C)[C@H](c4ccc(CO)cc4)O3)c2)c1. The maximum Gasteiger partial charge on any atom is 0.217 e. The van der Waals surface area contributed by atoms with E-state index < -0.39 is 6.29 Å². The number of hydrogen-bond donors (Lipinski definition) is 2. The first-order valence-electron chi connectivity index (χ1n) is 13.1. The van der Waals surface area contributed by atoms with Crippen molar-refractivity contribution >= 4 is 29.1 Å². The van der Waals surface area contributed by atoms with E-state index in [4.69, 9.17) is 32.7 Å². The van der Waals surface area contributed by atoms with Crippen molar-refractivity contribution in [2.24, 2.45) is 5.92 Å². The molecule has 1 aromatic heterocycles. The molecule has 1 aliphatic rings. The molecule has 40 heavy (non-hydrogen) atoms. The molecular formula is C31H31Cl2N3O4. The van der Waals surface area contributed by atoms with Gasteiger partial charge in [0.15, 0.2) is 11.4 Å². The number of amides is 1. The second kappa shape index (κ2) is 12.5. The highest BCUT2D eigenvalue weighted by Gasteiger charge is 2.39. The molecule has 1 saturated heterocycles. The third-order valence-electron chi connectivity index (χ3n) is 7.19.